The van der Waals surface area contributed by atoms with E-state index >= 15 is 0 Å². The van der Waals surface area contributed by atoms with Gasteiger partial charge < -0.3 is 54.9 Å². The van der Waals surface area contributed by atoms with Crippen molar-refractivity contribution in [3.8, 4) is 0 Å². The highest BCUT2D eigenvalue weighted by atomic mass is 16.2. The minimum Gasteiger partial charge on any atom is -0.370 e. The average Bonchev–Trinajstić information content (AvgIpc) is 3.58. The van der Waals surface area contributed by atoms with E-state index < -0.39 is 66.2 Å². The molecule has 0 saturated carbocycles. The molecule has 0 aliphatic heterocycles. The van der Waals surface area contributed by atoms with Crippen LogP contribution in [-0.2, 0) is 41.6 Å². The SMILES string of the molecule is CCCC(=O)NC(=O)[C@H](Cc1c[nH]c2ccccc12)NC(=O)[C@H](CCCN=C(N)N)NC(=O)[C@H](CCCN=C(N)N)NC(=O)CNC(=O)[C@@H](N)Cc1ccccc1. The van der Waals surface area contributed by atoms with Crippen molar-refractivity contribution in [3.05, 3.63) is 71.9 Å². The Morgan fingerprint density at radius 3 is 1.88 bits per heavy atom. The van der Waals surface area contributed by atoms with Crippen LogP contribution < -0.4 is 55.3 Å². The van der Waals surface area contributed by atoms with Crippen molar-refractivity contribution in [2.24, 2.45) is 38.7 Å². The van der Waals surface area contributed by atoms with E-state index in [0.29, 0.717) is 12.0 Å². The maximum Gasteiger partial charge on any atom is 0.249 e. The van der Waals surface area contributed by atoms with Gasteiger partial charge in [0.05, 0.1) is 12.6 Å². The lowest BCUT2D eigenvalue weighted by atomic mass is 10.0. The lowest BCUT2D eigenvalue weighted by molar-refractivity contribution is -0.135. The molecule has 4 atom stereocenters. The Labute approximate surface area is 330 Å². The first kappa shape index (κ1) is 44.9. The molecule has 3 rings (SSSR count). The molecule has 0 radical (unpaired) electrons. The number of carbonyl (C=O) groups excluding carboxylic acids is 6. The van der Waals surface area contributed by atoms with Gasteiger partial charge in [0.2, 0.25) is 35.4 Å². The van der Waals surface area contributed by atoms with Gasteiger partial charge in [-0.15, -0.1) is 0 Å². The van der Waals surface area contributed by atoms with Gasteiger partial charge in [0.1, 0.15) is 18.1 Å². The van der Waals surface area contributed by atoms with Gasteiger partial charge in [0.25, 0.3) is 0 Å². The number of nitrogens with zero attached hydrogens (tertiary/aromatic N) is 2. The summed E-state index contributed by atoms with van der Waals surface area (Å²) in [6.45, 7) is 1.57. The summed E-state index contributed by atoms with van der Waals surface area (Å²) in [6.07, 6.45) is 3.14. The third-order valence-corrected chi connectivity index (χ3v) is 8.71. The summed E-state index contributed by atoms with van der Waals surface area (Å²) >= 11 is 0. The van der Waals surface area contributed by atoms with Gasteiger partial charge >= 0.3 is 0 Å². The monoisotopic (exact) mass is 789 g/mol. The lowest BCUT2D eigenvalue weighted by Crippen LogP contribution is -2.58. The number of rotatable bonds is 23. The van der Waals surface area contributed by atoms with Gasteiger partial charge in [-0.05, 0) is 55.7 Å². The maximum atomic E-state index is 14.0. The molecule has 6 amide bonds. The number of para-hydroxylation sites is 1. The fourth-order valence-corrected chi connectivity index (χ4v) is 5.84. The summed E-state index contributed by atoms with van der Waals surface area (Å²) in [5, 5.41) is 13.7. The van der Waals surface area contributed by atoms with Crippen molar-refractivity contribution in [1.82, 2.24) is 31.6 Å². The Morgan fingerprint density at radius 2 is 1.26 bits per heavy atom. The highest BCUT2D eigenvalue weighted by Crippen LogP contribution is 2.19. The van der Waals surface area contributed by atoms with E-state index in [2.05, 4.69) is 41.6 Å². The van der Waals surface area contributed by atoms with Crippen LogP contribution in [0.25, 0.3) is 10.9 Å². The van der Waals surface area contributed by atoms with Crippen molar-refractivity contribution in [2.45, 2.75) is 82.5 Å². The first-order chi connectivity index (χ1) is 27.3. The molecule has 16 N–H and O–H groups in total. The summed E-state index contributed by atoms with van der Waals surface area (Å²) in [5.74, 6) is -4.29. The molecule has 19 heteroatoms. The van der Waals surface area contributed by atoms with E-state index in [1.807, 2.05) is 54.6 Å². The number of aromatic amines is 1. The minimum absolute atomic E-state index is 0.0137. The van der Waals surface area contributed by atoms with Crippen LogP contribution in [0.1, 0.15) is 56.6 Å². The van der Waals surface area contributed by atoms with Gasteiger partial charge in [0, 0.05) is 43.0 Å². The topological polar surface area (TPSA) is 333 Å². The molecule has 1 aromatic heterocycles. The molecule has 0 aliphatic carbocycles. The number of nitrogens with two attached hydrogens (primary N) is 5. The fraction of sp³-hybridized carbons (Fsp3) is 0.421. The number of guanidine groups is 2. The number of H-pyrrole nitrogens is 1. The van der Waals surface area contributed by atoms with Gasteiger partial charge in [-0.2, -0.15) is 0 Å². The first-order valence-electron chi connectivity index (χ1n) is 18.7. The van der Waals surface area contributed by atoms with Gasteiger partial charge in [-0.3, -0.25) is 44.1 Å². The number of hydrogen-bond acceptors (Lipinski definition) is 9. The number of carbonyl (C=O) groups is 6. The molecular formula is C38H55N13O6. The summed E-state index contributed by atoms with van der Waals surface area (Å²) in [7, 11) is 0. The van der Waals surface area contributed by atoms with Crippen LogP contribution in [0.2, 0.25) is 0 Å². The van der Waals surface area contributed by atoms with Crippen LogP contribution in [0.4, 0.5) is 0 Å². The second-order valence-electron chi connectivity index (χ2n) is 13.4. The number of hydrogen-bond donors (Lipinski definition) is 11. The fourth-order valence-electron chi connectivity index (χ4n) is 5.84. The summed E-state index contributed by atoms with van der Waals surface area (Å²) in [5.41, 5.74) is 30.3. The zero-order chi connectivity index (χ0) is 41.7. The first-order valence-corrected chi connectivity index (χ1v) is 18.7. The van der Waals surface area contributed by atoms with Crippen molar-refractivity contribution in [1.29, 1.82) is 0 Å². The third kappa shape index (κ3) is 16.0. The molecule has 0 spiro atoms. The summed E-state index contributed by atoms with van der Waals surface area (Å²) < 4.78 is 0. The molecule has 1 heterocycles. The van der Waals surface area contributed by atoms with Crippen LogP contribution in [0, 0.1) is 0 Å². The Morgan fingerprint density at radius 1 is 0.684 bits per heavy atom. The molecule has 0 aliphatic rings. The van der Waals surface area contributed by atoms with Gasteiger partial charge in [-0.25, -0.2) is 0 Å². The van der Waals surface area contributed by atoms with E-state index in [9.17, 15) is 28.8 Å². The molecule has 57 heavy (non-hydrogen) atoms. The Bertz CT molecular complexity index is 1870. The molecule has 0 fully saturated rings. The summed E-state index contributed by atoms with van der Waals surface area (Å²) in [6, 6.07) is 11.9. The van der Waals surface area contributed by atoms with Gasteiger partial charge in [0.15, 0.2) is 11.9 Å². The Balaban J connectivity index is 1.80. The molecule has 308 valence electrons. The van der Waals surface area contributed by atoms with Crippen LogP contribution in [-0.4, -0.2) is 96.1 Å². The molecule has 3 aromatic rings. The highest BCUT2D eigenvalue weighted by Gasteiger charge is 2.31. The second-order valence-corrected chi connectivity index (χ2v) is 13.4. The average molecular weight is 790 g/mol. The normalized spacial score (nSPS) is 12.9. The predicted molar refractivity (Wildman–Crippen MR) is 217 cm³/mol. The molecule has 0 unspecified atom stereocenters. The lowest BCUT2D eigenvalue weighted by Gasteiger charge is -2.25. The van der Waals surface area contributed by atoms with Crippen molar-refractivity contribution >= 4 is 58.3 Å². The zero-order valence-corrected chi connectivity index (χ0v) is 32.1. The van der Waals surface area contributed by atoms with E-state index in [4.69, 9.17) is 28.7 Å². The van der Waals surface area contributed by atoms with Crippen molar-refractivity contribution in [2.75, 3.05) is 19.6 Å². The number of amides is 6. The minimum atomic E-state index is -1.25. The smallest absolute Gasteiger partial charge is 0.249 e. The highest BCUT2D eigenvalue weighted by molar-refractivity contribution is 6.01. The predicted octanol–water partition coefficient (Wildman–Crippen LogP) is -1.60. The number of imide groups is 1. The zero-order valence-electron chi connectivity index (χ0n) is 32.1. The molecular weight excluding hydrogens is 735 g/mol. The maximum absolute atomic E-state index is 14.0. The molecule has 0 saturated heterocycles. The number of benzene rings is 2. The van der Waals surface area contributed by atoms with Gasteiger partial charge in [-0.1, -0.05) is 55.5 Å². The number of aliphatic imine (C=N–C) groups is 2. The summed E-state index contributed by atoms with van der Waals surface area (Å²) in [4.78, 5) is 90.5. The second kappa shape index (κ2) is 23.4. The van der Waals surface area contributed by atoms with E-state index in [1.54, 1.807) is 13.1 Å². The Kier molecular flexibility index (Phi) is 18.5. The largest absolute Gasteiger partial charge is 0.370 e. The quantitative estimate of drug-likeness (QED) is 0.0295. The van der Waals surface area contributed by atoms with Crippen molar-refractivity contribution < 1.29 is 28.8 Å². The van der Waals surface area contributed by atoms with Crippen molar-refractivity contribution in [3.63, 3.8) is 0 Å². The van der Waals surface area contributed by atoms with E-state index in [1.165, 1.54) is 0 Å². The Hall–Kier alpha value is -6.50. The van der Waals surface area contributed by atoms with E-state index in [0.717, 1.165) is 16.5 Å². The molecule has 0 bridgehead atoms. The third-order valence-electron chi connectivity index (χ3n) is 8.71. The number of aromatic nitrogens is 1. The standard InChI is InChI=1S/C38H55N13O6/c1-2-10-31(52)51-36(57)30(20-24-21-46-27-14-7-6-13-25(24)27)50-35(56)29(16-9-18-45-38(42)43)49-34(55)28(15-8-17-44-37(40)41)48-32(53)22-47-33(54)26(39)19-23-11-4-3-5-12-23/h3-7,11-14,21,26,28-30,46H,2,8-10,15-20,22,39H2,1H3,(H,47,54)(H,48,53)(H,49,55)(H,50,56)(H4,40,41,44)(H4,42,43,45)(H,51,52,57)/t26-,28-,29-,30-/m0/s1. The molecule has 19 nitrogen and oxygen atoms in total. The number of fused-ring (bicyclic) bond motifs is 1. The molecule has 2 aromatic carbocycles. The van der Waals surface area contributed by atoms with Crippen LogP contribution in [0.3, 0.4) is 0 Å². The van der Waals surface area contributed by atoms with Crippen LogP contribution >= 0.6 is 0 Å². The number of nitrogens with one attached hydrogen (secondary N) is 6. The van der Waals surface area contributed by atoms with E-state index in [-0.39, 0.29) is 70.0 Å². The van der Waals surface area contributed by atoms with Crippen LogP contribution in [0.15, 0.2) is 70.8 Å². The van der Waals surface area contributed by atoms with Crippen LogP contribution in [0.5, 0.6) is 0 Å².